The van der Waals surface area contributed by atoms with Crippen LogP contribution in [0.4, 0.5) is 9.18 Å². The molecule has 1 aromatic rings. The molecule has 138 valence electrons. The van der Waals surface area contributed by atoms with Gasteiger partial charge in [0, 0.05) is 25.2 Å². The third-order valence-electron chi connectivity index (χ3n) is 4.93. The van der Waals surface area contributed by atoms with Crippen molar-refractivity contribution in [2.24, 2.45) is 0 Å². The number of nitrogens with one attached hydrogen (secondary N) is 1. The van der Waals surface area contributed by atoms with Gasteiger partial charge in [0.25, 0.3) is 5.91 Å². The van der Waals surface area contributed by atoms with Gasteiger partial charge in [-0.15, -0.1) is 0 Å². The van der Waals surface area contributed by atoms with Crippen molar-refractivity contribution >= 4 is 23.9 Å². The van der Waals surface area contributed by atoms with E-state index in [4.69, 9.17) is 0 Å². The number of imide groups is 1. The number of carbonyl (C=O) groups is 3. The van der Waals surface area contributed by atoms with E-state index >= 15 is 0 Å². The van der Waals surface area contributed by atoms with Gasteiger partial charge in [-0.3, -0.25) is 14.5 Å². The lowest BCUT2D eigenvalue weighted by Crippen LogP contribution is -2.55. The molecule has 26 heavy (non-hydrogen) atoms. The third-order valence-corrected chi connectivity index (χ3v) is 4.93. The Kier molecular flexibility index (Phi) is 4.80. The molecule has 0 atom stereocenters. The zero-order chi connectivity index (χ0) is 18.9. The average molecular weight is 359 g/mol. The van der Waals surface area contributed by atoms with Crippen LogP contribution < -0.4 is 5.32 Å². The molecule has 1 aromatic carbocycles. The Labute approximate surface area is 151 Å². The molecule has 7 heteroatoms. The predicted molar refractivity (Wildman–Crippen MR) is 94.5 cm³/mol. The summed E-state index contributed by atoms with van der Waals surface area (Å²) in [6, 6.07) is 5.31. The number of nitrogens with zero attached hydrogens (tertiary/aromatic N) is 2. The largest absolute Gasteiger partial charge is 0.339 e. The summed E-state index contributed by atoms with van der Waals surface area (Å²) in [6.45, 7) is 4.39. The van der Waals surface area contributed by atoms with Crippen LogP contribution in [0.25, 0.3) is 6.08 Å². The molecule has 0 radical (unpaired) electrons. The van der Waals surface area contributed by atoms with Gasteiger partial charge < -0.3 is 10.2 Å². The zero-order valence-corrected chi connectivity index (χ0v) is 14.9. The van der Waals surface area contributed by atoms with E-state index in [1.54, 1.807) is 37.0 Å². The van der Waals surface area contributed by atoms with Crippen molar-refractivity contribution in [2.75, 3.05) is 13.1 Å². The Balaban J connectivity index is 1.61. The van der Waals surface area contributed by atoms with Crippen molar-refractivity contribution in [3.63, 3.8) is 0 Å². The summed E-state index contributed by atoms with van der Waals surface area (Å²) in [5, 5.41) is 2.82. The molecule has 3 rings (SSSR count). The first-order valence-electron chi connectivity index (χ1n) is 8.71. The molecule has 2 fully saturated rings. The fraction of sp³-hybridized carbons (Fsp3) is 0.421. The Morgan fingerprint density at radius 1 is 1.19 bits per heavy atom. The monoisotopic (exact) mass is 359 g/mol. The third kappa shape index (κ3) is 3.34. The zero-order valence-electron chi connectivity index (χ0n) is 14.9. The molecule has 1 spiro atoms. The molecule has 2 aliphatic heterocycles. The lowest BCUT2D eigenvalue weighted by molar-refractivity contribution is -0.137. The molecule has 4 amide bonds. The number of rotatable bonds is 3. The second-order valence-corrected chi connectivity index (χ2v) is 6.99. The van der Waals surface area contributed by atoms with Crippen molar-refractivity contribution in [2.45, 2.75) is 38.3 Å². The summed E-state index contributed by atoms with van der Waals surface area (Å²) in [5.41, 5.74) is -0.155. The minimum absolute atomic E-state index is 0.165. The van der Waals surface area contributed by atoms with Crippen LogP contribution in [0.3, 0.4) is 0 Å². The molecule has 2 saturated heterocycles. The van der Waals surface area contributed by atoms with E-state index < -0.39 is 5.54 Å². The molecule has 2 aliphatic rings. The number of urea groups is 1. The van der Waals surface area contributed by atoms with Crippen LogP contribution in [0.2, 0.25) is 0 Å². The van der Waals surface area contributed by atoms with E-state index in [0.29, 0.717) is 25.9 Å². The standard InChI is InChI=1S/C19H22FN3O3/c1-13(2)23-17(25)19(21-18(23)26)9-11-22(12-10-19)16(24)8-5-14-3-6-15(20)7-4-14/h3-8,13H,9-12H2,1-2H3,(H,21,26)/b8-5+. The maximum Gasteiger partial charge on any atom is 0.325 e. The second-order valence-electron chi connectivity index (χ2n) is 6.99. The van der Waals surface area contributed by atoms with E-state index in [1.165, 1.54) is 23.1 Å². The first-order valence-corrected chi connectivity index (χ1v) is 8.71. The highest BCUT2D eigenvalue weighted by Gasteiger charge is 2.53. The van der Waals surface area contributed by atoms with Gasteiger partial charge in [-0.1, -0.05) is 12.1 Å². The smallest absolute Gasteiger partial charge is 0.325 e. The van der Waals surface area contributed by atoms with Crippen LogP contribution in [0.15, 0.2) is 30.3 Å². The molecule has 0 unspecified atom stereocenters. The minimum Gasteiger partial charge on any atom is -0.339 e. The van der Waals surface area contributed by atoms with Crippen molar-refractivity contribution in [3.05, 3.63) is 41.7 Å². The van der Waals surface area contributed by atoms with E-state index in [1.807, 2.05) is 0 Å². The molecule has 0 bridgehead atoms. The van der Waals surface area contributed by atoms with E-state index in [0.717, 1.165) is 5.56 Å². The summed E-state index contributed by atoms with van der Waals surface area (Å²) < 4.78 is 12.9. The number of hydrogen-bond acceptors (Lipinski definition) is 3. The minimum atomic E-state index is -0.890. The van der Waals surface area contributed by atoms with Gasteiger partial charge in [0.05, 0.1) is 0 Å². The van der Waals surface area contributed by atoms with Gasteiger partial charge in [0.2, 0.25) is 5.91 Å². The maximum absolute atomic E-state index is 12.9. The maximum atomic E-state index is 12.9. The molecule has 0 aromatic heterocycles. The van der Waals surface area contributed by atoms with Crippen LogP contribution in [-0.4, -0.2) is 52.3 Å². The number of halogens is 1. The van der Waals surface area contributed by atoms with E-state index in [9.17, 15) is 18.8 Å². The van der Waals surface area contributed by atoms with Crippen LogP contribution in [-0.2, 0) is 9.59 Å². The van der Waals surface area contributed by atoms with Crippen molar-refractivity contribution in [1.29, 1.82) is 0 Å². The first kappa shape index (κ1) is 18.1. The summed E-state index contributed by atoms with van der Waals surface area (Å²) in [7, 11) is 0. The van der Waals surface area contributed by atoms with Gasteiger partial charge >= 0.3 is 6.03 Å². The highest BCUT2D eigenvalue weighted by molar-refractivity contribution is 6.07. The normalized spacial score (nSPS) is 19.7. The van der Waals surface area contributed by atoms with Crippen LogP contribution >= 0.6 is 0 Å². The Hall–Kier alpha value is -2.70. The summed E-state index contributed by atoms with van der Waals surface area (Å²) in [5.74, 6) is -0.693. The SMILES string of the molecule is CC(C)N1C(=O)NC2(CCN(C(=O)/C=C/c3ccc(F)cc3)CC2)C1=O. The quantitative estimate of drug-likeness (QED) is 0.664. The Morgan fingerprint density at radius 2 is 1.81 bits per heavy atom. The van der Waals surface area contributed by atoms with Crippen molar-refractivity contribution in [1.82, 2.24) is 15.1 Å². The molecular formula is C19H22FN3O3. The number of carbonyl (C=O) groups excluding carboxylic acids is 3. The number of likely N-dealkylation sites (tertiary alicyclic amines) is 1. The second kappa shape index (κ2) is 6.90. The lowest BCUT2D eigenvalue weighted by atomic mass is 9.87. The molecule has 0 aliphatic carbocycles. The molecule has 2 heterocycles. The molecule has 0 saturated carbocycles. The fourth-order valence-electron chi connectivity index (χ4n) is 3.40. The topological polar surface area (TPSA) is 69.7 Å². The van der Waals surface area contributed by atoms with Crippen molar-refractivity contribution in [3.8, 4) is 0 Å². The van der Waals surface area contributed by atoms with Gasteiger partial charge in [0.1, 0.15) is 11.4 Å². The Morgan fingerprint density at radius 3 is 2.35 bits per heavy atom. The lowest BCUT2D eigenvalue weighted by Gasteiger charge is -2.37. The fourth-order valence-corrected chi connectivity index (χ4v) is 3.40. The first-order chi connectivity index (χ1) is 12.3. The number of benzene rings is 1. The van der Waals surface area contributed by atoms with E-state index in [2.05, 4.69) is 5.32 Å². The number of amides is 4. The Bertz CT molecular complexity index is 750. The highest BCUT2D eigenvalue weighted by atomic mass is 19.1. The summed E-state index contributed by atoms with van der Waals surface area (Å²) >= 11 is 0. The molecule has 1 N–H and O–H groups in total. The van der Waals surface area contributed by atoms with Gasteiger partial charge in [-0.25, -0.2) is 9.18 Å². The average Bonchev–Trinajstić information content (AvgIpc) is 2.84. The van der Waals surface area contributed by atoms with Crippen LogP contribution in [0, 0.1) is 5.82 Å². The summed E-state index contributed by atoms with van der Waals surface area (Å²) in [6.07, 6.45) is 3.88. The predicted octanol–water partition coefficient (Wildman–Crippen LogP) is 2.16. The summed E-state index contributed by atoms with van der Waals surface area (Å²) in [4.78, 5) is 40.0. The van der Waals surface area contributed by atoms with Gasteiger partial charge in [0.15, 0.2) is 0 Å². The highest BCUT2D eigenvalue weighted by Crippen LogP contribution is 2.30. The van der Waals surface area contributed by atoms with Gasteiger partial charge in [-0.2, -0.15) is 0 Å². The van der Waals surface area contributed by atoms with Crippen LogP contribution in [0.5, 0.6) is 0 Å². The van der Waals surface area contributed by atoms with Crippen LogP contribution in [0.1, 0.15) is 32.3 Å². The number of hydrogen-bond donors (Lipinski definition) is 1. The van der Waals surface area contributed by atoms with E-state index in [-0.39, 0.29) is 29.7 Å². The van der Waals surface area contributed by atoms with Gasteiger partial charge in [-0.05, 0) is 50.5 Å². The van der Waals surface area contributed by atoms with Crippen molar-refractivity contribution < 1.29 is 18.8 Å². The molecule has 6 nitrogen and oxygen atoms in total. The molecular weight excluding hydrogens is 337 g/mol. The number of piperidine rings is 1.